The molecule has 0 spiro atoms. The fourth-order valence-electron chi connectivity index (χ4n) is 2.69. The van der Waals surface area contributed by atoms with Gasteiger partial charge in [-0.3, -0.25) is 4.79 Å². The van der Waals surface area contributed by atoms with Crippen LogP contribution in [-0.2, 0) is 4.79 Å². The van der Waals surface area contributed by atoms with Crippen molar-refractivity contribution in [3.8, 4) is 0 Å². The van der Waals surface area contributed by atoms with Crippen molar-refractivity contribution in [3.63, 3.8) is 0 Å². The molecule has 1 saturated carbocycles. The minimum absolute atomic E-state index is 0.0608. The second-order valence-corrected chi connectivity index (χ2v) is 5.41. The van der Waals surface area contributed by atoms with Crippen LogP contribution >= 0.6 is 12.2 Å². The lowest BCUT2D eigenvalue weighted by molar-refractivity contribution is -0.139. The van der Waals surface area contributed by atoms with E-state index in [9.17, 15) is 4.79 Å². The molecule has 3 N–H and O–H groups in total. The third kappa shape index (κ3) is 3.20. The Kier molecular flexibility index (Phi) is 6.02. The number of aliphatic hydroxyl groups is 1. The summed E-state index contributed by atoms with van der Waals surface area (Å²) in [6.45, 7) is 3.27. The normalized spacial score (nSPS) is 18.3. The number of aliphatic hydroxyl groups excluding tert-OH is 1. The van der Waals surface area contributed by atoms with E-state index in [4.69, 9.17) is 23.1 Å². The Morgan fingerprint density at radius 1 is 1.39 bits per heavy atom. The van der Waals surface area contributed by atoms with E-state index in [0.717, 1.165) is 32.1 Å². The standard InChI is InChI=1S/C13H24N2O2S/c1-2-15(9-6-10-16)12(17)13(11(14)18)7-4-3-5-8-13/h16H,2-10H2,1H3,(H2,14,18). The number of hydrogen-bond acceptors (Lipinski definition) is 3. The zero-order valence-electron chi connectivity index (χ0n) is 11.2. The van der Waals surface area contributed by atoms with E-state index in [1.807, 2.05) is 6.92 Å². The van der Waals surface area contributed by atoms with Gasteiger partial charge in [-0.05, 0) is 26.2 Å². The number of nitrogens with zero attached hydrogens (tertiary/aromatic N) is 1. The van der Waals surface area contributed by atoms with Crippen molar-refractivity contribution in [2.75, 3.05) is 19.7 Å². The second-order valence-electron chi connectivity index (χ2n) is 4.97. The SMILES string of the molecule is CCN(CCCO)C(=O)C1(C(N)=S)CCCCC1. The summed E-state index contributed by atoms with van der Waals surface area (Å²) in [7, 11) is 0. The molecule has 1 amide bonds. The zero-order chi connectivity index (χ0) is 13.6. The monoisotopic (exact) mass is 272 g/mol. The first kappa shape index (κ1) is 15.4. The number of amides is 1. The Morgan fingerprint density at radius 3 is 2.44 bits per heavy atom. The van der Waals surface area contributed by atoms with E-state index in [-0.39, 0.29) is 12.5 Å². The number of carbonyl (C=O) groups excluding carboxylic acids is 1. The van der Waals surface area contributed by atoms with Crippen LogP contribution in [0.15, 0.2) is 0 Å². The average molecular weight is 272 g/mol. The Bertz CT molecular complexity index is 301. The van der Waals surface area contributed by atoms with Crippen LogP contribution in [0.3, 0.4) is 0 Å². The number of nitrogens with two attached hydrogens (primary N) is 1. The van der Waals surface area contributed by atoms with E-state index in [1.54, 1.807) is 4.90 Å². The second kappa shape index (κ2) is 7.04. The lowest BCUT2D eigenvalue weighted by Crippen LogP contribution is -2.51. The predicted molar refractivity (Wildman–Crippen MR) is 76.3 cm³/mol. The quantitative estimate of drug-likeness (QED) is 0.718. The van der Waals surface area contributed by atoms with Crippen LogP contribution in [0.4, 0.5) is 0 Å². The maximum atomic E-state index is 12.7. The smallest absolute Gasteiger partial charge is 0.235 e. The molecule has 0 radical (unpaired) electrons. The van der Waals surface area contributed by atoms with Gasteiger partial charge >= 0.3 is 0 Å². The molecule has 1 rings (SSSR count). The van der Waals surface area contributed by atoms with Crippen molar-refractivity contribution in [2.45, 2.75) is 45.4 Å². The fourth-order valence-corrected chi connectivity index (χ4v) is 2.98. The molecule has 1 fully saturated rings. The largest absolute Gasteiger partial charge is 0.396 e. The summed E-state index contributed by atoms with van der Waals surface area (Å²) in [5.74, 6) is 0.0608. The highest BCUT2D eigenvalue weighted by molar-refractivity contribution is 7.80. The maximum absolute atomic E-state index is 12.7. The van der Waals surface area contributed by atoms with Crippen molar-refractivity contribution in [3.05, 3.63) is 0 Å². The Labute approximate surface area is 115 Å². The summed E-state index contributed by atoms with van der Waals surface area (Å²) in [5, 5.41) is 8.89. The van der Waals surface area contributed by atoms with Crippen molar-refractivity contribution in [1.82, 2.24) is 4.90 Å². The van der Waals surface area contributed by atoms with Crippen LogP contribution < -0.4 is 5.73 Å². The third-order valence-corrected chi connectivity index (χ3v) is 4.23. The number of rotatable bonds is 6. The van der Waals surface area contributed by atoms with Crippen LogP contribution in [0.5, 0.6) is 0 Å². The van der Waals surface area contributed by atoms with Gasteiger partial charge in [-0.1, -0.05) is 31.5 Å². The highest BCUT2D eigenvalue weighted by atomic mass is 32.1. The van der Waals surface area contributed by atoms with E-state index >= 15 is 0 Å². The van der Waals surface area contributed by atoms with Gasteiger partial charge in [-0.15, -0.1) is 0 Å². The van der Waals surface area contributed by atoms with Gasteiger partial charge in [0, 0.05) is 19.7 Å². The van der Waals surface area contributed by atoms with Gasteiger partial charge in [0.05, 0.1) is 10.4 Å². The van der Waals surface area contributed by atoms with Gasteiger partial charge < -0.3 is 15.7 Å². The topological polar surface area (TPSA) is 66.6 Å². The van der Waals surface area contributed by atoms with Crippen LogP contribution in [-0.4, -0.2) is 40.6 Å². The summed E-state index contributed by atoms with van der Waals surface area (Å²) in [4.78, 5) is 14.8. The van der Waals surface area contributed by atoms with Crippen LogP contribution in [0.1, 0.15) is 45.4 Å². The Balaban J connectivity index is 2.83. The molecule has 0 atom stereocenters. The predicted octanol–water partition coefficient (Wildman–Crippen LogP) is 1.45. The average Bonchev–Trinajstić information content (AvgIpc) is 2.40. The summed E-state index contributed by atoms with van der Waals surface area (Å²) >= 11 is 5.16. The number of hydrogen-bond donors (Lipinski definition) is 2. The van der Waals surface area contributed by atoms with Crippen molar-refractivity contribution in [1.29, 1.82) is 0 Å². The number of thiocarbonyl (C=S) groups is 1. The lowest BCUT2D eigenvalue weighted by atomic mass is 9.73. The minimum atomic E-state index is -0.626. The first-order valence-corrected chi connectivity index (χ1v) is 7.19. The van der Waals surface area contributed by atoms with Crippen molar-refractivity contribution in [2.24, 2.45) is 11.1 Å². The first-order chi connectivity index (χ1) is 8.58. The van der Waals surface area contributed by atoms with Crippen molar-refractivity contribution < 1.29 is 9.90 Å². The third-order valence-electron chi connectivity index (χ3n) is 3.84. The number of carbonyl (C=O) groups is 1. The molecule has 0 unspecified atom stereocenters. The summed E-state index contributed by atoms with van der Waals surface area (Å²) in [6, 6.07) is 0. The lowest BCUT2D eigenvalue weighted by Gasteiger charge is -2.38. The van der Waals surface area contributed by atoms with Gasteiger partial charge in [0.25, 0.3) is 0 Å². The van der Waals surface area contributed by atoms with Gasteiger partial charge in [0.1, 0.15) is 0 Å². The maximum Gasteiger partial charge on any atom is 0.235 e. The molecule has 0 aromatic heterocycles. The molecule has 5 heteroatoms. The fraction of sp³-hybridized carbons (Fsp3) is 0.846. The molecule has 0 heterocycles. The molecule has 104 valence electrons. The van der Waals surface area contributed by atoms with E-state index in [2.05, 4.69) is 0 Å². The van der Waals surface area contributed by atoms with E-state index in [0.29, 0.717) is 24.5 Å². The molecular weight excluding hydrogens is 248 g/mol. The molecule has 0 bridgehead atoms. The highest BCUT2D eigenvalue weighted by Crippen LogP contribution is 2.38. The molecule has 18 heavy (non-hydrogen) atoms. The van der Waals surface area contributed by atoms with Crippen molar-refractivity contribution >= 4 is 23.1 Å². The molecular formula is C13H24N2O2S. The molecule has 0 aliphatic heterocycles. The van der Waals surface area contributed by atoms with Gasteiger partial charge in [0.15, 0.2) is 0 Å². The summed E-state index contributed by atoms with van der Waals surface area (Å²) in [5.41, 5.74) is 5.23. The summed E-state index contributed by atoms with van der Waals surface area (Å²) in [6.07, 6.45) is 5.34. The Hall–Kier alpha value is -0.680. The van der Waals surface area contributed by atoms with Gasteiger partial charge in [-0.2, -0.15) is 0 Å². The van der Waals surface area contributed by atoms with Crippen LogP contribution in [0.2, 0.25) is 0 Å². The van der Waals surface area contributed by atoms with Gasteiger partial charge in [0.2, 0.25) is 5.91 Å². The van der Waals surface area contributed by atoms with Crippen LogP contribution in [0, 0.1) is 5.41 Å². The summed E-state index contributed by atoms with van der Waals surface area (Å²) < 4.78 is 0. The molecule has 0 saturated heterocycles. The zero-order valence-corrected chi connectivity index (χ0v) is 12.0. The molecule has 4 nitrogen and oxygen atoms in total. The minimum Gasteiger partial charge on any atom is -0.396 e. The molecule has 1 aliphatic carbocycles. The Morgan fingerprint density at radius 2 is 2.00 bits per heavy atom. The molecule has 0 aromatic rings. The highest BCUT2D eigenvalue weighted by Gasteiger charge is 2.44. The van der Waals surface area contributed by atoms with E-state index < -0.39 is 5.41 Å². The van der Waals surface area contributed by atoms with Crippen LogP contribution in [0.25, 0.3) is 0 Å². The molecule has 0 aromatic carbocycles. The van der Waals surface area contributed by atoms with E-state index in [1.165, 1.54) is 0 Å². The molecule has 1 aliphatic rings. The van der Waals surface area contributed by atoms with Gasteiger partial charge in [-0.25, -0.2) is 0 Å². The first-order valence-electron chi connectivity index (χ1n) is 6.78.